The topological polar surface area (TPSA) is 12.4 Å². The smallest absolute Gasteiger partial charge is 0.0643 e. The third-order valence-corrected chi connectivity index (χ3v) is 9.52. The van der Waals surface area contributed by atoms with Gasteiger partial charge in [0, 0.05) is 18.4 Å². The highest BCUT2D eigenvalue weighted by atomic mass is 14.7. The van der Waals surface area contributed by atoms with E-state index in [0.29, 0.717) is 17.8 Å². The monoisotopic (exact) mass is 553 g/mol. The van der Waals surface area contributed by atoms with Gasteiger partial charge in [-0.1, -0.05) is 140 Å². The standard InChI is InChI=1S/C42H35N/c1-28-17-19-31(20-18-28)41-35-12-4-6-14-37(35)42(38-15-7-5-13-36(38)41)39-26-25-32(33-10-2-3-11-34(33)39)29-21-23-30(24-22-29)40-16-8-9-27-43-40/h2-8,10-17,19-26,28,35,41H,9,18,27H2,1H3. The number of rotatable bonds is 4. The lowest BCUT2D eigenvalue weighted by atomic mass is 9.65. The number of allylic oxidation sites excluding steroid dienone is 10. The van der Waals surface area contributed by atoms with Gasteiger partial charge in [-0.15, -0.1) is 0 Å². The maximum absolute atomic E-state index is 4.71. The van der Waals surface area contributed by atoms with E-state index in [2.05, 4.69) is 147 Å². The van der Waals surface area contributed by atoms with Crippen LogP contribution >= 0.6 is 0 Å². The lowest BCUT2D eigenvalue weighted by Gasteiger charge is -2.38. The van der Waals surface area contributed by atoms with E-state index in [9.17, 15) is 0 Å². The maximum atomic E-state index is 4.71. The maximum Gasteiger partial charge on any atom is 0.0643 e. The van der Waals surface area contributed by atoms with Crippen molar-refractivity contribution < 1.29 is 0 Å². The second-order valence-corrected chi connectivity index (χ2v) is 12.2. The Bertz CT molecular complexity index is 1950. The molecule has 3 aliphatic carbocycles. The fourth-order valence-corrected chi connectivity index (χ4v) is 7.39. The number of fused-ring (bicyclic) bond motifs is 3. The molecule has 0 radical (unpaired) electrons. The molecule has 0 saturated carbocycles. The van der Waals surface area contributed by atoms with E-state index in [0.717, 1.165) is 25.1 Å². The highest BCUT2D eigenvalue weighted by Crippen LogP contribution is 2.52. The molecule has 1 nitrogen and oxygen atoms in total. The number of hydrogen-bond acceptors (Lipinski definition) is 1. The number of benzene rings is 4. The van der Waals surface area contributed by atoms with Crippen LogP contribution in [0.3, 0.4) is 0 Å². The molecule has 0 N–H and O–H groups in total. The molecule has 1 heterocycles. The van der Waals surface area contributed by atoms with E-state index in [1.807, 2.05) is 0 Å². The van der Waals surface area contributed by atoms with Crippen LogP contribution in [0.5, 0.6) is 0 Å². The molecule has 208 valence electrons. The van der Waals surface area contributed by atoms with Crippen molar-refractivity contribution in [3.8, 4) is 11.1 Å². The summed E-state index contributed by atoms with van der Waals surface area (Å²) in [5.74, 6) is 1.24. The van der Waals surface area contributed by atoms with Crippen LogP contribution in [-0.2, 0) is 0 Å². The first kappa shape index (κ1) is 25.9. The van der Waals surface area contributed by atoms with E-state index < -0.39 is 0 Å². The fraction of sp³-hybridized carbons (Fsp3) is 0.167. The molecule has 0 spiro atoms. The Labute approximate surface area is 254 Å². The summed E-state index contributed by atoms with van der Waals surface area (Å²) in [4.78, 5) is 4.71. The Morgan fingerprint density at radius 3 is 2.23 bits per heavy atom. The van der Waals surface area contributed by atoms with Crippen LogP contribution in [0.2, 0.25) is 0 Å². The third kappa shape index (κ3) is 4.51. The van der Waals surface area contributed by atoms with Crippen LogP contribution in [0.25, 0.3) is 27.5 Å². The Morgan fingerprint density at radius 2 is 1.44 bits per heavy atom. The Balaban J connectivity index is 1.28. The molecular weight excluding hydrogens is 518 g/mol. The highest BCUT2D eigenvalue weighted by Gasteiger charge is 2.36. The second kappa shape index (κ2) is 10.8. The van der Waals surface area contributed by atoms with Gasteiger partial charge >= 0.3 is 0 Å². The minimum absolute atomic E-state index is 0.307. The van der Waals surface area contributed by atoms with Crippen LogP contribution in [0, 0.1) is 11.8 Å². The molecule has 0 bridgehead atoms. The molecular formula is C42H35N. The lowest BCUT2D eigenvalue weighted by molar-refractivity contribution is 0.629. The first-order chi connectivity index (χ1) is 21.3. The minimum Gasteiger partial charge on any atom is -0.284 e. The minimum atomic E-state index is 0.307. The first-order valence-electron chi connectivity index (χ1n) is 15.7. The van der Waals surface area contributed by atoms with Gasteiger partial charge < -0.3 is 0 Å². The Morgan fingerprint density at radius 1 is 0.674 bits per heavy atom. The summed E-state index contributed by atoms with van der Waals surface area (Å²) in [6.45, 7) is 3.18. The molecule has 0 fully saturated rings. The van der Waals surface area contributed by atoms with E-state index in [1.165, 1.54) is 60.9 Å². The van der Waals surface area contributed by atoms with Gasteiger partial charge in [0.1, 0.15) is 0 Å². The summed E-state index contributed by atoms with van der Waals surface area (Å²) in [6, 6.07) is 31.7. The Kier molecular flexibility index (Phi) is 6.52. The molecule has 1 heteroatoms. The number of aliphatic imine (C=N–C) groups is 1. The molecule has 3 atom stereocenters. The van der Waals surface area contributed by atoms with Crippen LogP contribution in [0.4, 0.5) is 0 Å². The van der Waals surface area contributed by atoms with E-state index in [-0.39, 0.29) is 0 Å². The van der Waals surface area contributed by atoms with Gasteiger partial charge in [-0.2, -0.15) is 0 Å². The van der Waals surface area contributed by atoms with Gasteiger partial charge in [-0.25, -0.2) is 0 Å². The van der Waals surface area contributed by atoms with E-state index in [1.54, 1.807) is 0 Å². The van der Waals surface area contributed by atoms with Crippen molar-refractivity contribution >= 4 is 22.1 Å². The first-order valence-corrected chi connectivity index (χ1v) is 15.7. The van der Waals surface area contributed by atoms with Crippen LogP contribution in [0.1, 0.15) is 47.9 Å². The van der Waals surface area contributed by atoms with Gasteiger partial charge in [0.05, 0.1) is 5.71 Å². The normalized spacial score (nSPS) is 22.3. The molecule has 43 heavy (non-hydrogen) atoms. The predicted molar refractivity (Wildman–Crippen MR) is 183 cm³/mol. The largest absolute Gasteiger partial charge is 0.284 e. The average Bonchev–Trinajstić information content (AvgIpc) is 3.08. The molecule has 3 unspecified atom stereocenters. The average molecular weight is 554 g/mol. The molecule has 0 aromatic heterocycles. The number of hydrogen-bond donors (Lipinski definition) is 0. The third-order valence-electron chi connectivity index (χ3n) is 9.52. The molecule has 8 rings (SSSR count). The van der Waals surface area contributed by atoms with E-state index >= 15 is 0 Å². The molecule has 0 saturated heterocycles. The van der Waals surface area contributed by atoms with Crippen LogP contribution in [-0.4, -0.2) is 12.3 Å². The van der Waals surface area contributed by atoms with Gasteiger partial charge in [0.15, 0.2) is 0 Å². The predicted octanol–water partition coefficient (Wildman–Crippen LogP) is 10.4. The summed E-state index contributed by atoms with van der Waals surface area (Å²) in [5.41, 5.74) is 13.1. The van der Waals surface area contributed by atoms with Gasteiger partial charge in [-0.05, 0) is 85.7 Å². The zero-order valence-corrected chi connectivity index (χ0v) is 24.6. The van der Waals surface area contributed by atoms with Crippen LogP contribution < -0.4 is 0 Å². The van der Waals surface area contributed by atoms with E-state index in [4.69, 9.17) is 4.99 Å². The van der Waals surface area contributed by atoms with Crippen LogP contribution in [0.15, 0.2) is 156 Å². The molecule has 4 aromatic carbocycles. The van der Waals surface area contributed by atoms with Gasteiger partial charge in [0.2, 0.25) is 0 Å². The summed E-state index contributed by atoms with van der Waals surface area (Å²) in [6.07, 6.45) is 23.0. The summed E-state index contributed by atoms with van der Waals surface area (Å²) in [7, 11) is 0. The van der Waals surface area contributed by atoms with Crippen molar-refractivity contribution in [1.82, 2.24) is 0 Å². The summed E-state index contributed by atoms with van der Waals surface area (Å²) >= 11 is 0. The molecule has 1 aliphatic heterocycles. The van der Waals surface area contributed by atoms with Gasteiger partial charge in [-0.3, -0.25) is 4.99 Å². The summed E-state index contributed by atoms with van der Waals surface area (Å²) < 4.78 is 0. The van der Waals surface area contributed by atoms with Crippen molar-refractivity contribution in [2.75, 3.05) is 6.54 Å². The van der Waals surface area contributed by atoms with Crippen molar-refractivity contribution in [2.24, 2.45) is 16.8 Å². The van der Waals surface area contributed by atoms with Gasteiger partial charge in [0.25, 0.3) is 0 Å². The SMILES string of the molecule is CC1C=CC(C2c3ccccc3C(c3ccc(-c4ccc(C5=NCCC=C5)cc4)c4ccccc34)=C3C=CC=CC32)=CC1. The zero-order valence-electron chi connectivity index (χ0n) is 24.6. The zero-order chi connectivity index (χ0) is 28.8. The molecule has 4 aliphatic rings. The molecule has 4 aromatic rings. The highest BCUT2D eigenvalue weighted by molar-refractivity contribution is 6.10. The lowest BCUT2D eigenvalue weighted by Crippen LogP contribution is -2.23. The summed E-state index contributed by atoms with van der Waals surface area (Å²) in [5, 5.41) is 2.58. The number of nitrogens with zero attached hydrogens (tertiary/aromatic N) is 1. The van der Waals surface area contributed by atoms with Crippen molar-refractivity contribution in [1.29, 1.82) is 0 Å². The van der Waals surface area contributed by atoms with Crippen molar-refractivity contribution in [2.45, 2.75) is 25.7 Å². The second-order valence-electron chi connectivity index (χ2n) is 12.2. The fourth-order valence-electron chi connectivity index (χ4n) is 7.39. The Hall–Kier alpha value is -4.75. The molecule has 0 amide bonds. The van der Waals surface area contributed by atoms with Crippen molar-refractivity contribution in [3.63, 3.8) is 0 Å². The number of dihydropyridines is 1. The van der Waals surface area contributed by atoms with Crippen molar-refractivity contribution in [3.05, 3.63) is 173 Å². The quantitative estimate of drug-likeness (QED) is 0.238.